The first-order valence-electron chi connectivity index (χ1n) is 4.15. The van der Waals surface area contributed by atoms with E-state index in [1.165, 1.54) is 18.6 Å². The summed E-state index contributed by atoms with van der Waals surface area (Å²) in [6.07, 6.45) is 2.91. The van der Waals surface area contributed by atoms with E-state index < -0.39 is 5.82 Å². The Kier molecular flexibility index (Phi) is 2.91. The van der Waals surface area contributed by atoms with Crippen molar-refractivity contribution in [3.05, 3.63) is 34.7 Å². The highest BCUT2D eigenvalue weighted by atomic mass is 79.9. The fourth-order valence-corrected chi connectivity index (χ4v) is 1.33. The lowest BCUT2D eigenvalue weighted by atomic mass is 10.4. The van der Waals surface area contributed by atoms with Gasteiger partial charge in [-0.2, -0.15) is 5.10 Å². The number of hydrogen-bond acceptors (Lipinski definition) is 4. The van der Waals surface area contributed by atoms with Gasteiger partial charge in [0.1, 0.15) is 12.2 Å². The van der Waals surface area contributed by atoms with E-state index in [0.29, 0.717) is 16.8 Å². The van der Waals surface area contributed by atoms with Crippen LogP contribution in [0.25, 0.3) is 0 Å². The molecule has 0 atom stereocenters. The molecule has 7 heteroatoms. The van der Waals surface area contributed by atoms with Crippen molar-refractivity contribution in [3.8, 4) is 0 Å². The molecule has 0 saturated heterocycles. The Morgan fingerprint density at radius 1 is 1.47 bits per heavy atom. The molecule has 0 aliphatic rings. The number of aromatic nitrogens is 4. The van der Waals surface area contributed by atoms with Gasteiger partial charge in [-0.15, -0.1) is 0 Å². The number of nitrogens with one attached hydrogen (secondary N) is 2. The van der Waals surface area contributed by atoms with Gasteiger partial charge < -0.3 is 5.32 Å². The van der Waals surface area contributed by atoms with Crippen molar-refractivity contribution in [1.82, 2.24) is 20.2 Å². The van der Waals surface area contributed by atoms with E-state index in [1.54, 1.807) is 0 Å². The highest BCUT2D eigenvalue weighted by Crippen LogP contribution is 2.16. The van der Waals surface area contributed by atoms with E-state index >= 15 is 0 Å². The summed E-state index contributed by atoms with van der Waals surface area (Å²) < 4.78 is 13.9. The van der Waals surface area contributed by atoms with Gasteiger partial charge in [0.2, 0.25) is 0 Å². The third kappa shape index (κ3) is 2.50. The number of halogens is 2. The van der Waals surface area contributed by atoms with Crippen LogP contribution in [0.2, 0.25) is 0 Å². The van der Waals surface area contributed by atoms with Crippen molar-refractivity contribution in [2.24, 2.45) is 0 Å². The molecule has 2 aromatic heterocycles. The Balaban J connectivity index is 2.05. The largest absolute Gasteiger partial charge is 0.360 e. The summed E-state index contributed by atoms with van der Waals surface area (Å²) in [7, 11) is 0. The highest BCUT2D eigenvalue weighted by Gasteiger charge is 2.04. The Hall–Kier alpha value is -1.50. The molecule has 78 valence electrons. The molecule has 0 amide bonds. The van der Waals surface area contributed by atoms with E-state index in [1.807, 2.05) is 0 Å². The summed E-state index contributed by atoms with van der Waals surface area (Å²) in [5.41, 5.74) is 0. The molecule has 0 saturated carbocycles. The van der Waals surface area contributed by atoms with Crippen LogP contribution in [0, 0.1) is 5.82 Å². The SMILES string of the molecule is Fc1cc(Br)cnc1NCc1ncn[nH]1. The summed E-state index contributed by atoms with van der Waals surface area (Å²) in [5.74, 6) is 0.401. The van der Waals surface area contributed by atoms with Crippen LogP contribution in [0.15, 0.2) is 23.1 Å². The van der Waals surface area contributed by atoms with Gasteiger partial charge in [0.15, 0.2) is 11.6 Å². The van der Waals surface area contributed by atoms with Crippen molar-refractivity contribution in [3.63, 3.8) is 0 Å². The van der Waals surface area contributed by atoms with E-state index in [-0.39, 0.29) is 5.82 Å². The lowest BCUT2D eigenvalue weighted by molar-refractivity contribution is 0.623. The number of hydrogen-bond donors (Lipinski definition) is 2. The van der Waals surface area contributed by atoms with Gasteiger partial charge >= 0.3 is 0 Å². The molecule has 0 bridgehead atoms. The maximum Gasteiger partial charge on any atom is 0.166 e. The van der Waals surface area contributed by atoms with Crippen molar-refractivity contribution in [2.45, 2.75) is 6.54 Å². The van der Waals surface area contributed by atoms with Gasteiger partial charge in [-0.1, -0.05) is 0 Å². The zero-order chi connectivity index (χ0) is 10.7. The van der Waals surface area contributed by atoms with Gasteiger partial charge in [-0.3, -0.25) is 5.10 Å². The first kappa shape index (κ1) is 10.0. The number of anilines is 1. The average molecular weight is 272 g/mol. The van der Waals surface area contributed by atoms with Crippen LogP contribution in [-0.4, -0.2) is 20.2 Å². The lowest BCUT2D eigenvalue weighted by Gasteiger charge is -2.04. The second-order valence-corrected chi connectivity index (χ2v) is 3.69. The molecule has 15 heavy (non-hydrogen) atoms. The van der Waals surface area contributed by atoms with E-state index in [0.717, 1.165) is 0 Å². The summed E-state index contributed by atoms with van der Waals surface area (Å²) in [4.78, 5) is 7.77. The molecule has 2 N–H and O–H groups in total. The molecule has 2 heterocycles. The summed E-state index contributed by atoms with van der Waals surface area (Å²) in [6.45, 7) is 0.353. The van der Waals surface area contributed by atoms with Crippen molar-refractivity contribution in [2.75, 3.05) is 5.32 Å². The van der Waals surface area contributed by atoms with Crippen LogP contribution in [0.4, 0.5) is 10.2 Å². The fraction of sp³-hybridized carbons (Fsp3) is 0.125. The van der Waals surface area contributed by atoms with Crippen LogP contribution >= 0.6 is 15.9 Å². The minimum atomic E-state index is -0.413. The Morgan fingerprint density at radius 2 is 2.33 bits per heavy atom. The quantitative estimate of drug-likeness (QED) is 0.892. The van der Waals surface area contributed by atoms with Gasteiger partial charge in [-0.25, -0.2) is 14.4 Å². The zero-order valence-corrected chi connectivity index (χ0v) is 9.12. The molecule has 0 aliphatic heterocycles. The van der Waals surface area contributed by atoms with Crippen LogP contribution in [-0.2, 0) is 6.54 Å². The predicted octanol–water partition coefficient (Wildman–Crippen LogP) is 1.71. The maximum absolute atomic E-state index is 13.3. The third-order valence-electron chi connectivity index (χ3n) is 1.70. The normalized spacial score (nSPS) is 10.3. The van der Waals surface area contributed by atoms with Gasteiger partial charge in [0.25, 0.3) is 0 Å². The van der Waals surface area contributed by atoms with Gasteiger partial charge in [0, 0.05) is 10.7 Å². The zero-order valence-electron chi connectivity index (χ0n) is 7.54. The van der Waals surface area contributed by atoms with Crippen molar-refractivity contribution in [1.29, 1.82) is 0 Å². The summed E-state index contributed by atoms with van der Waals surface area (Å²) in [5, 5.41) is 9.13. The molecule has 0 aliphatic carbocycles. The predicted molar refractivity (Wildman–Crippen MR) is 55.6 cm³/mol. The molecule has 0 fully saturated rings. The van der Waals surface area contributed by atoms with E-state index in [9.17, 15) is 4.39 Å². The molecule has 2 rings (SSSR count). The van der Waals surface area contributed by atoms with Crippen LogP contribution in [0.1, 0.15) is 5.82 Å². The Bertz CT molecular complexity index is 444. The first-order chi connectivity index (χ1) is 7.25. The van der Waals surface area contributed by atoms with Gasteiger partial charge in [-0.05, 0) is 22.0 Å². The number of aromatic amines is 1. The molecule has 0 unspecified atom stereocenters. The Labute approximate surface area is 93.3 Å². The highest BCUT2D eigenvalue weighted by molar-refractivity contribution is 9.10. The van der Waals surface area contributed by atoms with Crippen molar-refractivity contribution >= 4 is 21.7 Å². The van der Waals surface area contributed by atoms with Crippen molar-refractivity contribution < 1.29 is 4.39 Å². The van der Waals surface area contributed by atoms with Crippen LogP contribution in [0.3, 0.4) is 0 Å². The van der Waals surface area contributed by atoms with E-state index in [2.05, 4.69) is 41.4 Å². The molecular formula is C8H7BrFN5. The second-order valence-electron chi connectivity index (χ2n) is 2.77. The monoisotopic (exact) mass is 271 g/mol. The second kappa shape index (κ2) is 4.35. The summed E-state index contributed by atoms with van der Waals surface area (Å²) in [6, 6.07) is 1.34. The van der Waals surface area contributed by atoms with E-state index in [4.69, 9.17) is 0 Å². The molecule has 2 aromatic rings. The first-order valence-corrected chi connectivity index (χ1v) is 4.94. The smallest absolute Gasteiger partial charge is 0.166 e. The lowest BCUT2D eigenvalue weighted by Crippen LogP contribution is -2.04. The Morgan fingerprint density at radius 3 is 3.00 bits per heavy atom. The summed E-state index contributed by atoms with van der Waals surface area (Å²) >= 11 is 3.13. The number of nitrogens with zero attached hydrogens (tertiary/aromatic N) is 3. The number of rotatable bonds is 3. The maximum atomic E-state index is 13.3. The topological polar surface area (TPSA) is 66.5 Å². The van der Waals surface area contributed by atoms with Crippen LogP contribution < -0.4 is 5.32 Å². The van der Waals surface area contributed by atoms with Gasteiger partial charge in [0.05, 0.1) is 6.54 Å². The minimum Gasteiger partial charge on any atom is -0.360 e. The van der Waals surface area contributed by atoms with Crippen LogP contribution in [0.5, 0.6) is 0 Å². The number of H-pyrrole nitrogens is 1. The third-order valence-corrected chi connectivity index (χ3v) is 2.13. The molecule has 0 radical (unpaired) electrons. The molecule has 0 spiro atoms. The standard InChI is InChI=1S/C8H7BrFN5/c9-5-1-6(10)8(11-2-5)12-3-7-13-4-14-15-7/h1-2,4H,3H2,(H,11,12)(H,13,14,15). The fourth-order valence-electron chi connectivity index (χ4n) is 1.03. The molecule has 5 nitrogen and oxygen atoms in total. The number of pyridine rings is 1. The minimum absolute atomic E-state index is 0.189. The average Bonchev–Trinajstić information content (AvgIpc) is 2.69. The molecule has 0 aromatic carbocycles. The molecular weight excluding hydrogens is 265 g/mol.